The van der Waals surface area contributed by atoms with Crippen molar-refractivity contribution in [3.8, 4) is 34.3 Å². The highest BCUT2D eigenvalue weighted by atomic mass is 32.1. The van der Waals surface area contributed by atoms with Gasteiger partial charge in [-0.05, 0) is 61.9 Å². The van der Waals surface area contributed by atoms with Crippen LogP contribution in [0, 0.1) is 6.92 Å². The number of rotatable bonds is 8. The van der Waals surface area contributed by atoms with Crippen LogP contribution in [0.25, 0.3) is 50.5 Å². The third kappa shape index (κ3) is 4.67. The molecule has 0 radical (unpaired) electrons. The molecule has 0 bridgehead atoms. The predicted molar refractivity (Wildman–Crippen MR) is 165 cm³/mol. The van der Waals surface area contributed by atoms with Crippen LogP contribution >= 0.6 is 11.3 Å². The molecule has 7 aromatic rings. The van der Waals surface area contributed by atoms with Crippen LogP contribution in [0.2, 0.25) is 0 Å². The van der Waals surface area contributed by atoms with E-state index >= 15 is 0 Å². The number of hydrogen-bond donors (Lipinski definition) is 0. The number of hydrogen-bond acceptors (Lipinski definition) is 7. The molecule has 42 heavy (non-hydrogen) atoms. The number of furan rings is 1. The van der Waals surface area contributed by atoms with Crippen molar-refractivity contribution in [1.29, 1.82) is 0 Å². The van der Waals surface area contributed by atoms with Crippen LogP contribution in [-0.2, 0) is 0 Å². The SMILES string of the molecule is CCCCOc1ccc(-c2nn(-c3ccccc3)cc2C=c2sc3nc(-c4oc5ccccc5c4C)nn3c2=O)cc1. The van der Waals surface area contributed by atoms with Gasteiger partial charge in [0.15, 0.2) is 5.76 Å². The first-order chi connectivity index (χ1) is 20.6. The number of ether oxygens (including phenoxy) is 1. The molecule has 0 saturated carbocycles. The molecule has 9 heteroatoms. The molecular weight excluding hydrogens is 546 g/mol. The predicted octanol–water partition coefficient (Wildman–Crippen LogP) is 6.45. The molecule has 0 unspecified atom stereocenters. The lowest BCUT2D eigenvalue weighted by atomic mass is 10.1. The smallest absolute Gasteiger partial charge is 0.291 e. The van der Waals surface area contributed by atoms with Gasteiger partial charge >= 0.3 is 0 Å². The molecule has 0 N–H and O–H groups in total. The lowest BCUT2D eigenvalue weighted by molar-refractivity contribution is 0.309. The topological polar surface area (TPSA) is 87.4 Å². The largest absolute Gasteiger partial charge is 0.494 e. The summed E-state index contributed by atoms with van der Waals surface area (Å²) >= 11 is 1.29. The summed E-state index contributed by atoms with van der Waals surface area (Å²) in [5.41, 5.74) is 4.90. The fraction of sp³-hybridized carbons (Fsp3) is 0.152. The average Bonchev–Trinajstić information content (AvgIpc) is 3.78. The number of benzene rings is 3. The van der Waals surface area contributed by atoms with Crippen molar-refractivity contribution >= 4 is 33.3 Å². The van der Waals surface area contributed by atoms with E-state index in [9.17, 15) is 4.79 Å². The summed E-state index contributed by atoms with van der Waals surface area (Å²) in [7, 11) is 0. The normalized spacial score (nSPS) is 12.1. The van der Waals surface area contributed by atoms with Gasteiger partial charge in [0, 0.05) is 28.3 Å². The number of fused-ring (bicyclic) bond motifs is 2. The number of nitrogens with zero attached hydrogens (tertiary/aromatic N) is 5. The Balaban J connectivity index is 1.29. The number of aromatic nitrogens is 5. The number of unbranched alkanes of at least 4 members (excludes halogenated alkanes) is 1. The Bertz CT molecular complexity index is 2140. The standard InChI is InChI=1S/C33H27N5O3S/c1-3-4-18-40-25-16-14-22(15-17-25)29-23(20-37(35-29)24-10-6-5-7-11-24)19-28-32(39)38-33(42-28)34-31(36-38)30-21(2)26-12-8-9-13-27(26)41-30/h5-17,19-20H,3-4,18H2,1-2H3. The Morgan fingerprint density at radius 2 is 1.76 bits per heavy atom. The third-order valence-corrected chi connectivity index (χ3v) is 8.13. The van der Waals surface area contributed by atoms with Crippen molar-refractivity contribution in [3.63, 3.8) is 0 Å². The van der Waals surface area contributed by atoms with Gasteiger partial charge in [0.25, 0.3) is 5.56 Å². The molecule has 0 fully saturated rings. The number of thiazole rings is 1. The second-order valence-corrected chi connectivity index (χ2v) is 11.0. The fourth-order valence-corrected chi connectivity index (χ4v) is 5.83. The zero-order valence-corrected chi connectivity index (χ0v) is 24.0. The maximum atomic E-state index is 13.5. The van der Waals surface area contributed by atoms with E-state index in [1.54, 1.807) is 0 Å². The summed E-state index contributed by atoms with van der Waals surface area (Å²) in [5.74, 6) is 1.80. The minimum atomic E-state index is -0.236. The van der Waals surface area contributed by atoms with Gasteiger partial charge in [-0.3, -0.25) is 4.79 Å². The average molecular weight is 574 g/mol. The molecule has 4 heterocycles. The van der Waals surface area contributed by atoms with Crippen LogP contribution in [0.3, 0.4) is 0 Å². The highest BCUT2D eigenvalue weighted by molar-refractivity contribution is 7.15. The van der Waals surface area contributed by atoms with Crippen molar-refractivity contribution in [1.82, 2.24) is 24.4 Å². The van der Waals surface area contributed by atoms with Crippen LogP contribution < -0.4 is 14.8 Å². The molecule has 0 aliphatic heterocycles. The van der Waals surface area contributed by atoms with Gasteiger partial charge in [-0.1, -0.05) is 61.1 Å². The van der Waals surface area contributed by atoms with Crippen molar-refractivity contribution in [3.05, 3.63) is 111 Å². The number of para-hydroxylation sites is 2. The fourth-order valence-electron chi connectivity index (χ4n) is 4.93. The summed E-state index contributed by atoms with van der Waals surface area (Å²) in [6.07, 6.45) is 5.90. The highest BCUT2D eigenvalue weighted by Crippen LogP contribution is 2.31. The van der Waals surface area contributed by atoms with Gasteiger partial charge in [0.1, 0.15) is 17.0 Å². The second-order valence-electron chi connectivity index (χ2n) is 10.0. The van der Waals surface area contributed by atoms with Crippen LogP contribution in [0.15, 0.2) is 94.3 Å². The zero-order chi connectivity index (χ0) is 28.6. The Morgan fingerprint density at radius 3 is 2.52 bits per heavy atom. The van der Waals surface area contributed by atoms with Crippen LogP contribution in [-0.4, -0.2) is 31.0 Å². The van der Waals surface area contributed by atoms with E-state index in [0.717, 1.165) is 57.6 Å². The van der Waals surface area contributed by atoms with Crippen LogP contribution in [0.5, 0.6) is 5.75 Å². The molecule has 0 amide bonds. The van der Waals surface area contributed by atoms with Gasteiger partial charge < -0.3 is 9.15 Å². The summed E-state index contributed by atoms with van der Waals surface area (Å²) in [4.78, 5) is 18.7. The third-order valence-electron chi connectivity index (χ3n) is 7.17. The first-order valence-corrected chi connectivity index (χ1v) is 14.7. The second kappa shape index (κ2) is 10.8. The summed E-state index contributed by atoms with van der Waals surface area (Å²) in [6.45, 7) is 4.81. The van der Waals surface area contributed by atoms with Gasteiger partial charge in [-0.15, -0.1) is 5.10 Å². The van der Waals surface area contributed by atoms with E-state index < -0.39 is 0 Å². The maximum absolute atomic E-state index is 13.5. The van der Waals surface area contributed by atoms with Crippen molar-refractivity contribution in [2.24, 2.45) is 0 Å². The molecule has 0 saturated heterocycles. The Labute approximate surface area is 245 Å². The van der Waals surface area contributed by atoms with E-state index in [-0.39, 0.29) is 5.56 Å². The van der Waals surface area contributed by atoms with Crippen molar-refractivity contribution < 1.29 is 9.15 Å². The van der Waals surface area contributed by atoms with E-state index in [1.165, 1.54) is 15.9 Å². The molecular formula is C33H27N5O3S. The lowest BCUT2D eigenvalue weighted by Gasteiger charge is -2.06. The van der Waals surface area contributed by atoms with E-state index in [1.807, 2.05) is 103 Å². The Kier molecular flexibility index (Phi) is 6.64. The molecule has 0 aliphatic carbocycles. The highest BCUT2D eigenvalue weighted by Gasteiger charge is 2.19. The molecule has 7 rings (SSSR count). The Morgan fingerprint density at radius 1 is 0.976 bits per heavy atom. The van der Waals surface area contributed by atoms with Crippen LogP contribution in [0.4, 0.5) is 0 Å². The first-order valence-electron chi connectivity index (χ1n) is 13.9. The number of aryl methyl sites for hydroxylation is 1. The molecule has 208 valence electrons. The van der Waals surface area contributed by atoms with Gasteiger partial charge in [-0.2, -0.15) is 14.6 Å². The quantitative estimate of drug-likeness (QED) is 0.194. The minimum Gasteiger partial charge on any atom is -0.494 e. The molecule has 0 atom stereocenters. The van der Waals surface area contributed by atoms with Crippen molar-refractivity contribution in [2.45, 2.75) is 26.7 Å². The van der Waals surface area contributed by atoms with E-state index in [0.29, 0.717) is 27.7 Å². The molecule has 8 nitrogen and oxygen atoms in total. The maximum Gasteiger partial charge on any atom is 0.291 e. The zero-order valence-electron chi connectivity index (χ0n) is 23.2. The first kappa shape index (κ1) is 25.9. The minimum absolute atomic E-state index is 0.236. The lowest BCUT2D eigenvalue weighted by Crippen LogP contribution is -2.23. The monoisotopic (exact) mass is 573 g/mol. The molecule has 4 aromatic heterocycles. The molecule has 0 spiro atoms. The van der Waals surface area contributed by atoms with E-state index in [2.05, 4.69) is 17.0 Å². The summed E-state index contributed by atoms with van der Waals surface area (Å²) < 4.78 is 15.6. The van der Waals surface area contributed by atoms with Gasteiger partial charge in [0.2, 0.25) is 10.8 Å². The Hall–Kier alpha value is -5.02. The molecule has 0 aliphatic rings. The van der Waals surface area contributed by atoms with Crippen LogP contribution in [0.1, 0.15) is 30.9 Å². The summed E-state index contributed by atoms with van der Waals surface area (Å²) in [5, 5.41) is 10.4. The van der Waals surface area contributed by atoms with Crippen molar-refractivity contribution in [2.75, 3.05) is 6.61 Å². The van der Waals surface area contributed by atoms with E-state index in [4.69, 9.17) is 14.3 Å². The van der Waals surface area contributed by atoms with Gasteiger partial charge in [0.05, 0.1) is 16.8 Å². The summed E-state index contributed by atoms with van der Waals surface area (Å²) in [6, 6.07) is 25.6. The van der Waals surface area contributed by atoms with Gasteiger partial charge in [-0.25, -0.2) is 4.68 Å². The molecule has 3 aromatic carbocycles.